The number of aryl methyl sites for hydroxylation is 1. The summed E-state index contributed by atoms with van der Waals surface area (Å²) in [6.45, 7) is 1.00. The van der Waals surface area contributed by atoms with Gasteiger partial charge in [0.15, 0.2) is 11.5 Å². The molecule has 2 rings (SSSR count). The van der Waals surface area contributed by atoms with E-state index in [1.54, 1.807) is 32.5 Å². The molecule has 2 amide bonds. The zero-order valence-electron chi connectivity index (χ0n) is 15.7. The van der Waals surface area contributed by atoms with Crippen molar-refractivity contribution < 1.29 is 19.1 Å². The third-order valence-electron chi connectivity index (χ3n) is 3.97. The maximum Gasteiger partial charge on any atom is 0.252 e. The van der Waals surface area contributed by atoms with E-state index in [2.05, 4.69) is 15.6 Å². The number of pyridine rings is 1. The molecular formula is C20H25N3O4. The molecule has 0 fully saturated rings. The summed E-state index contributed by atoms with van der Waals surface area (Å²) in [6.07, 6.45) is 4.80. The van der Waals surface area contributed by atoms with Crippen molar-refractivity contribution in [1.29, 1.82) is 0 Å². The smallest absolute Gasteiger partial charge is 0.252 e. The summed E-state index contributed by atoms with van der Waals surface area (Å²) in [5.74, 6) is 1.13. The molecule has 7 nitrogen and oxygen atoms in total. The highest BCUT2D eigenvalue weighted by atomic mass is 16.5. The minimum Gasteiger partial charge on any atom is -0.493 e. The zero-order valence-corrected chi connectivity index (χ0v) is 15.7. The monoisotopic (exact) mass is 371 g/mol. The molecule has 1 aromatic carbocycles. The topological polar surface area (TPSA) is 89.6 Å². The first-order valence-electron chi connectivity index (χ1n) is 8.80. The molecule has 1 aromatic heterocycles. The molecule has 0 aliphatic heterocycles. The van der Waals surface area contributed by atoms with E-state index < -0.39 is 0 Å². The lowest BCUT2D eigenvalue weighted by Gasteiger charge is -2.10. The van der Waals surface area contributed by atoms with Crippen molar-refractivity contribution in [3.63, 3.8) is 0 Å². The Morgan fingerprint density at radius 1 is 1.04 bits per heavy atom. The van der Waals surface area contributed by atoms with Gasteiger partial charge in [-0.15, -0.1) is 0 Å². The lowest BCUT2D eigenvalue weighted by atomic mass is 10.1. The second-order valence-corrected chi connectivity index (χ2v) is 5.89. The minimum absolute atomic E-state index is 0.0247. The molecule has 2 N–H and O–H groups in total. The molecule has 0 radical (unpaired) electrons. The zero-order chi connectivity index (χ0) is 19.5. The predicted octanol–water partition coefficient (Wildman–Crippen LogP) is 1.97. The fourth-order valence-electron chi connectivity index (χ4n) is 2.50. The minimum atomic E-state index is -0.164. The van der Waals surface area contributed by atoms with E-state index in [0.717, 1.165) is 5.56 Å². The quantitative estimate of drug-likeness (QED) is 0.623. The maximum atomic E-state index is 11.9. The molecule has 0 aliphatic carbocycles. The lowest BCUT2D eigenvalue weighted by molar-refractivity contribution is -0.121. The van der Waals surface area contributed by atoms with Gasteiger partial charge in [-0.3, -0.25) is 14.6 Å². The third kappa shape index (κ3) is 6.62. The molecule has 0 unspecified atom stereocenters. The SMILES string of the molecule is COc1ccc(CCC(=O)NCCCNC(=O)c2cccnc2)cc1OC. The van der Waals surface area contributed by atoms with Crippen LogP contribution in [0.25, 0.3) is 0 Å². The Morgan fingerprint density at radius 2 is 1.81 bits per heavy atom. The summed E-state index contributed by atoms with van der Waals surface area (Å²) in [5.41, 5.74) is 1.53. The molecule has 2 aromatic rings. The molecule has 0 atom stereocenters. The highest BCUT2D eigenvalue weighted by Crippen LogP contribution is 2.27. The number of rotatable bonds is 10. The summed E-state index contributed by atoms with van der Waals surface area (Å²) < 4.78 is 10.5. The summed E-state index contributed by atoms with van der Waals surface area (Å²) in [4.78, 5) is 27.7. The van der Waals surface area contributed by atoms with Gasteiger partial charge in [-0.1, -0.05) is 6.07 Å². The van der Waals surface area contributed by atoms with Crippen molar-refractivity contribution in [3.8, 4) is 11.5 Å². The van der Waals surface area contributed by atoms with Crippen LogP contribution in [0.3, 0.4) is 0 Å². The van der Waals surface area contributed by atoms with Gasteiger partial charge >= 0.3 is 0 Å². The average Bonchev–Trinajstić information content (AvgIpc) is 2.72. The van der Waals surface area contributed by atoms with Crippen LogP contribution < -0.4 is 20.1 Å². The van der Waals surface area contributed by atoms with E-state index in [4.69, 9.17) is 9.47 Å². The molecule has 0 bridgehead atoms. The van der Waals surface area contributed by atoms with Crippen LogP contribution in [0, 0.1) is 0 Å². The normalized spacial score (nSPS) is 10.1. The van der Waals surface area contributed by atoms with Crippen LogP contribution in [0.1, 0.15) is 28.8 Å². The molecule has 27 heavy (non-hydrogen) atoms. The van der Waals surface area contributed by atoms with Gasteiger partial charge in [-0.05, 0) is 42.7 Å². The number of nitrogens with one attached hydrogen (secondary N) is 2. The number of aromatic nitrogens is 1. The fraction of sp³-hybridized carbons (Fsp3) is 0.350. The maximum absolute atomic E-state index is 11.9. The van der Waals surface area contributed by atoms with Gasteiger partial charge < -0.3 is 20.1 Å². The highest BCUT2D eigenvalue weighted by Gasteiger charge is 2.07. The molecule has 0 saturated heterocycles. The Labute approximate surface area is 159 Å². The number of methoxy groups -OCH3 is 2. The predicted molar refractivity (Wildman–Crippen MR) is 102 cm³/mol. The molecule has 1 heterocycles. The van der Waals surface area contributed by atoms with Gasteiger partial charge in [-0.2, -0.15) is 0 Å². The van der Waals surface area contributed by atoms with Crippen molar-refractivity contribution in [2.45, 2.75) is 19.3 Å². The summed E-state index contributed by atoms with van der Waals surface area (Å²) in [5, 5.41) is 5.66. The van der Waals surface area contributed by atoms with Crippen LogP contribution in [-0.4, -0.2) is 44.1 Å². The van der Waals surface area contributed by atoms with Crippen molar-refractivity contribution in [2.24, 2.45) is 0 Å². The third-order valence-corrected chi connectivity index (χ3v) is 3.97. The molecule has 0 saturated carbocycles. The van der Waals surface area contributed by atoms with E-state index >= 15 is 0 Å². The van der Waals surface area contributed by atoms with E-state index in [0.29, 0.717) is 49.4 Å². The average molecular weight is 371 g/mol. The van der Waals surface area contributed by atoms with Crippen molar-refractivity contribution in [1.82, 2.24) is 15.6 Å². The van der Waals surface area contributed by atoms with Gasteiger partial charge in [0.2, 0.25) is 5.91 Å². The first-order valence-corrected chi connectivity index (χ1v) is 8.80. The summed E-state index contributed by atoms with van der Waals surface area (Å²) >= 11 is 0. The lowest BCUT2D eigenvalue weighted by Crippen LogP contribution is -2.30. The number of hydrogen-bond donors (Lipinski definition) is 2. The second kappa shape index (κ2) is 10.8. The number of carbonyl (C=O) groups is 2. The number of ether oxygens (including phenoxy) is 2. The number of benzene rings is 1. The number of carbonyl (C=O) groups excluding carboxylic acids is 2. The van der Waals surface area contributed by atoms with Crippen molar-refractivity contribution in [3.05, 3.63) is 53.9 Å². The standard InChI is InChI=1S/C20H25N3O4/c1-26-17-8-6-15(13-18(17)27-2)7-9-19(24)22-11-4-12-23-20(25)16-5-3-10-21-14-16/h3,5-6,8,10,13-14H,4,7,9,11-12H2,1-2H3,(H,22,24)(H,23,25). The van der Waals surface area contributed by atoms with E-state index in [1.165, 1.54) is 6.20 Å². The summed E-state index contributed by atoms with van der Waals surface area (Å²) in [7, 11) is 3.17. The second-order valence-electron chi connectivity index (χ2n) is 5.89. The Hall–Kier alpha value is -3.09. The Bertz CT molecular complexity index is 750. The van der Waals surface area contributed by atoms with Crippen LogP contribution >= 0.6 is 0 Å². The van der Waals surface area contributed by atoms with Gasteiger partial charge in [-0.25, -0.2) is 0 Å². The van der Waals surface area contributed by atoms with E-state index in [9.17, 15) is 9.59 Å². The van der Waals surface area contributed by atoms with Gasteiger partial charge in [0.1, 0.15) is 0 Å². The fourth-order valence-corrected chi connectivity index (χ4v) is 2.50. The van der Waals surface area contributed by atoms with E-state index in [-0.39, 0.29) is 11.8 Å². The van der Waals surface area contributed by atoms with Crippen LogP contribution in [0.15, 0.2) is 42.7 Å². The Balaban J connectivity index is 1.63. The highest BCUT2D eigenvalue weighted by molar-refractivity contribution is 5.93. The van der Waals surface area contributed by atoms with Crippen LogP contribution in [0.2, 0.25) is 0 Å². The molecule has 144 valence electrons. The van der Waals surface area contributed by atoms with Gasteiger partial charge in [0.05, 0.1) is 19.8 Å². The molecular weight excluding hydrogens is 346 g/mol. The Morgan fingerprint density at radius 3 is 2.52 bits per heavy atom. The van der Waals surface area contributed by atoms with Crippen LogP contribution in [-0.2, 0) is 11.2 Å². The number of amides is 2. The van der Waals surface area contributed by atoms with Crippen LogP contribution in [0.5, 0.6) is 11.5 Å². The number of nitrogens with zero attached hydrogens (tertiary/aromatic N) is 1. The molecule has 7 heteroatoms. The first kappa shape index (κ1) is 20.2. The summed E-state index contributed by atoms with van der Waals surface area (Å²) in [6, 6.07) is 9.05. The van der Waals surface area contributed by atoms with Gasteiger partial charge in [0.25, 0.3) is 5.91 Å². The van der Waals surface area contributed by atoms with Crippen molar-refractivity contribution >= 4 is 11.8 Å². The number of hydrogen-bond acceptors (Lipinski definition) is 5. The van der Waals surface area contributed by atoms with Crippen LogP contribution in [0.4, 0.5) is 0 Å². The first-order chi connectivity index (χ1) is 13.1. The molecule has 0 aliphatic rings. The van der Waals surface area contributed by atoms with E-state index in [1.807, 2.05) is 18.2 Å². The van der Waals surface area contributed by atoms with Gasteiger partial charge in [0, 0.05) is 31.9 Å². The molecule has 0 spiro atoms. The van der Waals surface area contributed by atoms with Crippen molar-refractivity contribution in [2.75, 3.05) is 27.3 Å². The largest absolute Gasteiger partial charge is 0.493 e. The Kier molecular flexibility index (Phi) is 8.09.